The molecular weight excluding hydrogens is 228 g/mol. The van der Waals surface area contributed by atoms with Gasteiger partial charge in [-0.2, -0.15) is 0 Å². The molecule has 0 heterocycles. The lowest BCUT2D eigenvalue weighted by Gasteiger charge is -2.20. The van der Waals surface area contributed by atoms with Crippen molar-refractivity contribution in [2.24, 2.45) is 0 Å². The van der Waals surface area contributed by atoms with E-state index in [4.69, 9.17) is 15.2 Å². The molecule has 0 radical (unpaired) electrons. The number of rotatable bonds is 8. The lowest BCUT2D eigenvalue weighted by atomic mass is 10.2. The molecule has 1 aromatic rings. The van der Waals surface area contributed by atoms with Crippen LogP contribution in [0.25, 0.3) is 0 Å². The Morgan fingerprint density at radius 3 is 2.72 bits per heavy atom. The van der Waals surface area contributed by atoms with Crippen molar-refractivity contribution in [2.75, 3.05) is 31.4 Å². The molecule has 1 atom stereocenters. The fourth-order valence-corrected chi connectivity index (χ4v) is 1.69. The van der Waals surface area contributed by atoms with Crippen molar-refractivity contribution in [3.8, 4) is 5.75 Å². The maximum atomic E-state index is 6.09. The minimum absolute atomic E-state index is 0.263. The third kappa shape index (κ3) is 4.11. The van der Waals surface area contributed by atoms with Gasteiger partial charge >= 0.3 is 0 Å². The van der Waals surface area contributed by atoms with Crippen LogP contribution in [0.1, 0.15) is 26.7 Å². The van der Waals surface area contributed by atoms with Gasteiger partial charge in [0.1, 0.15) is 5.75 Å². The van der Waals surface area contributed by atoms with Gasteiger partial charge in [-0.1, -0.05) is 19.9 Å². The van der Waals surface area contributed by atoms with E-state index in [0.717, 1.165) is 24.3 Å². The number of nitrogen functional groups attached to an aromatic ring is 1. The van der Waals surface area contributed by atoms with Crippen molar-refractivity contribution < 1.29 is 9.47 Å². The van der Waals surface area contributed by atoms with Crippen molar-refractivity contribution >= 4 is 11.4 Å². The van der Waals surface area contributed by atoms with Crippen LogP contribution in [-0.2, 0) is 4.74 Å². The van der Waals surface area contributed by atoms with E-state index in [1.807, 2.05) is 18.2 Å². The average Bonchev–Trinajstić information content (AvgIpc) is 2.39. The monoisotopic (exact) mass is 252 g/mol. The molecule has 4 heteroatoms. The molecule has 0 amide bonds. The first-order valence-electron chi connectivity index (χ1n) is 6.49. The van der Waals surface area contributed by atoms with E-state index >= 15 is 0 Å². The van der Waals surface area contributed by atoms with Gasteiger partial charge in [0.25, 0.3) is 0 Å². The van der Waals surface area contributed by atoms with Crippen molar-refractivity contribution in [3.63, 3.8) is 0 Å². The molecule has 1 unspecified atom stereocenters. The third-order valence-electron chi connectivity index (χ3n) is 2.75. The van der Waals surface area contributed by atoms with Crippen LogP contribution in [0.4, 0.5) is 11.4 Å². The number of hydrogen-bond donors (Lipinski definition) is 2. The quantitative estimate of drug-likeness (QED) is 0.698. The van der Waals surface area contributed by atoms with Crippen molar-refractivity contribution in [3.05, 3.63) is 18.2 Å². The lowest BCUT2D eigenvalue weighted by molar-refractivity contribution is 0.184. The topological polar surface area (TPSA) is 56.5 Å². The van der Waals surface area contributed by atoms with E-state index in [2.05, 4.69) is 19.2 Å². The molecule has 102 valence electrons. The number of ether oxygens (including phenoxy) is 2. The maximum absolute atomic E-state index is 6.09. The summed E-state index contributed by atoms with van der Waals surface area (Å²) in [4.78, 5) is 0. The molecule has 0 aromatic heterocycles. The number of methoxy groups -OCH3 is 1. The second-order valence-corrected chi connectivity index (χ2v) is 4.27. The van der Waals surface area contributed by atoms with Gasteiger partial charge in [0, 0.05) is 13.2 Å². The van der Waals surface area contributed by atoms with Gasteiger partial charge in [0.2, 0.25) is 0 Å². The normalized spacial score (nSPS) is 12.2. The fraction of sp³-hybridized carbons (Fsp3) is 0.571. The number of nitrogens with one attached hydrogen (secondary N) is 1. The van der Waals surface area contributed by atoms with Crippen LogP contribution < -0.4 is 15.8 Å². The zero-order chi connectivity index (χ0) is 13.4. The minimum Gasteiger partial charge on any atom is -0.491 e. The number of hydrogen-bond acceptors (Lipinski definition) is 4. The van der Waals surface area contributed by atoms with Crippen LogP contribution in [0.15, 0.2) is 18.2 Å². The molecule has 0 fully saturated rings. The van der Waals surface area contributed by atoms with Crippen molar-refractivity contribution in [2.45, 2.75) is 32.7 Å². The second-order valence-electron chi connectivity index (χ2n) is 4.27. The molecule has 0 saturated carbocycles. The van der Waals surface area contributed by atoms with Crippen LogP contribution in [0.5, 0.6) is 5.75 Å². The van der Waals surface area contributed by atoms with E-state index in [1.54, 1.807) is 7.11 Å². The first-order chi connectivity index (χ1) is 8.72. The number of benzene rings is 1. The molecule has 3 N–H and O–H groups in total. The van der Waals surface area contributed by atoms with Crippen molar-refractivity contribution in [1.82, 2.24) is 0 Å². The van der Waals surface area contributed by atoms with Gasteiger partial charge in [0.15, 0.2) is 0 Å². The molecule has 0 aliphatic heterocycles. The first kappa shape index (κ1) is 14.6. The Balaban J connectivity index is 2.75. The highest BCUT2D eigenvalue weighted by Gasteiger charge is 2.10. The van der Waals surface area contributed by atoms with Crippen LogP contribution in [-0.4, -0.2) is 26.4 Å². The molecule has 0 aliphatic rings. The Morgan fingerprint density at radius 2 is 2.11 bits per heavy atom. The lowest BCUT2D eigenvalue weighted by Crippen LogP contribution is -2.24. The van der Waals surface area contributed by atoms with E-state index in [1.165, 1.54) is 0 Å². The Hall–Kier alpha value is -1.42. The Bertz CT molecular complexity index is 356. The van der Waals surface area contributed by atoms with Crippen LogP contribution in [0.3, 0.4) is 0 Å². The molecular formula is C14H24N2O2. The van der Waals surface area contributed by atoms with Gasteiger partial charge < -0.3 is 20.5 Å². The SMILES string of the molecule is CCCOc1cccc(NC(CC)COC)c1N. The molecule has 0 bridgehead atoms. The zero-order valence-corrected chi connectivity index (χ0v) is 11.5. The molecule has 1 aromatic carbocycles. The second kappa shape index (κ2) is 7.82. The van der Waals surface area contributed by atoms with Gasteiger partial charge in [-0.3, -0.25) is 0 Å². The van der Waals surface area contributed by atoms with Gasteiger partial charge in [-0.15, -0.1) is 0 Å². The highest BCUT2D eigenvalue weighted by Crippen LogP contribution is 2.30. The van der Waals surface area contributed by atoms with Gasteiger partial charge in [0.05, 0.1) is 24.6 Å². The van der Waals surface area contributed by atoms with E-state index in [-0.39, 0.29) is 6.04 Å². The van der Waals surface area contributed by atoms with Crippen LogP contribution >= 0.6 is 0 Å². The maximum Gasteiger partial charge on any atom is 0.144 e. The highest BCUT2D eigenvalue weighted by atomic mass is 16.5. The standard InChI is InChI=1S/C14H24N2O2/c1-4-9-18-13-8-6-7-12(14(13)15)16-11(5-2)10-17-3/h6-8,11,16H,4-5,9-10,15H2,1-3H3. The summed E-state index contributed by atoms with van der Waals surface area (Å²) >= 11 is 0. The predicted molar refractivity (Wildman–Crippen MR) is 76.2 cm³/mol. The van der Waals surface area contributed by atoms with Crippen LogP contribution in [0.2, 0.25) is 0 Å². The van der Waals surface area contributed by atoms with Gasteiger partial charge in [-0.25, -0.2) is 0 Å². The predicted octanol–water partition coefficient (Wildman–Crippen LogP) is 2.89. The summed E-state index contributed by atoms with van der Waals surface area (Å²) in [6.07, 6.45) is 1.95. The number of para-hydroxylation sites is 1. The summed E-state index contributed by atoms with van der Waals surface area (Å²) in [5.41, 5.74) is 7.67. The summed E-state index contributed by atoms with van der Waals surface area (Å²) in [5.74, 6) is 0.745. The molecule has 0 spiro atoms. The Labute approximate surface area is 109 Å². The van der Waals surface area contributed by atoms with E-state index < -0.39 is 0 Å². The third-order valence-corrected chi connectivity index (χ3v) is 2.75. The Kier molecular flexibility index (Phi) is 6.36. The number of anilines is 2. The summed E-state index contributed by atoms with van der Waals surface area (Å²) in [6.45, 7) is 5.53. The van der Waals surface area contributed by atoms with E-state index in [0.29, 0.717) is 18.9 Å². The molecule has 0 saturated heterocycles. The molecule has 0 aliphatic carbocycles. The average molecular weight is 252 g/mol. The summed E-state index contributed by atoms with van der Waals surface area (Å²) in [6, 6.07) is 6.07. The van der Waals surface area contributed by atoms with Crippen molar-refractivity contribution in [1.29, 1.82) is 0 Å². The summed E-state index contributed by atoms with van der Waals surface area (Å²) < 4.78 is 10.8. The highest BCUT2D eigenvalue weighted by molar-refractivity contribution is 5.73. The summed E-state index contributed by atoms with van der Waals surface area (Å²) in [7, 11) is 1.70. The Morgan fingerprint density at radius 1 is 1.33 bits per heavy atom. The fourth-order valence-electron chi connectivity index (χ4n) is 1.69. The summed E-state index contributed by atoms with van der Waals surface area (Å²) in [5, 5.41) is 3.38. The smallest absolute Gasteiger partial charge is 0.144 e. The molecule has 18 heavy (non-hydrogen) atoms. The largest absolute Gasteiger partial charge is 0.491 e. The number of nitrogens with two attached hydrogens (primary N) is 1. The van der Waals surface area contributed by atoms with Crippen LogP contribution in [0, 0.1) is 0 Å². The minimum atomic E-state index is 0.263. The van der Waals surface area contributed by atoms with Gasteiger partial charge in [-0.05, 0) is 25.0 Å². The molecule has 4 nitrogen and oxygen atoms in total. The molecule has 1 rings (SSSR count). The first-order valence-corrected chi connectivity index (χ1v) is 6.49. The zero-order valence-electron chi connectivity index (χ0n) is 11.5. The van der Waals surface area contributed by atoms with E-state index in [9.17, 15) is 0 Å².